The molecule has 1 unspecified atom stereocenters. The minimum Gasteiger partial charge on any atom is -0.389 e. The van der Waals surface area contributed by atoms with E-state index in [2.05, 4.69) is 19.2 Å². The summed E-state index contributed by atoms with van der Waals surface area (Å²) in [5.41, 5.74) is 0.298. The third kappa shape index (κ3) is 9.42. The lowest BCUT2D eigenvalue weighted by molar-refractivity contribution is -0.000183. The van der Waals surface area contributed by atoms with Crippen LogP contribution in [-0.4, -0.2) is 63.9 Å². The van der Waals surface area contributed by atoms with E-state index in [9.17, 15) is 5.11 Å². The fraction of sp³-hybridized carbons (Fsp3) is 1.00. The van der Waals surface area contributed by atoms with Crippen molar-refractivity contribution in [3.8, 4) is 0 Å². The Hall–Kier alpha value is -0.200. The molecule has 0 aromatic rings. The van der Waals surface area contributed by atoms with Crippen LogP contribution in [0.4, 0.5) is 0 Å². The largest absolute Gasteiger partial charge is 0.389 e. The molecule has 1 aliphatic heterocycles. The zero-order chi connectivity index (χ0) is 15.4. The van der Waals surface area contributed by atoms with Crippen LogP contribution >= 0.6 is 0 Å². The van der Waals surface area contributed by atoms with Gasteiger partial charge < -0.3 is 24.6 Å². The molecule has 0 saturated carbocycles. The summed E-state index contributed by atoms with van der Waals surface area (Å²) in [6.45, 7) is 9.94. The monoisotopic (exact) mass is 303 g/mol. The van der Waals surface area contributed by atoms with Crippen LogP contribution in [0, 0.1) is 5.41 Å². The first kappa shape index (κ1) is 18.8. The molecular formula is C16H33NO4. The van der Waals surface area contributed by atoms with Gasteiger partial charge in [0.2, 0.25) is 0 Å². The van der Waals surface area contributed by atoms with Gasteiger partial charge in [0.25, 0.3) is 0 Å². The minimum atomic E-state index is -0.455. The van der Waals surface area contributed by atoms with E-state index in [0.717, 1.165) is 52.0 Å². The average Bonchev–Trinajstić information content (AvgIpc) is 2.47. The number of hydrogen-bond donors (Lipinski definition) is 2. The first-order valence-electron chi connectivity index (χ1n) is 8.28. The fourth-order valence-electron chi connectivity index (χ4n) is 2.33. The molecular weight excluding hydrogens is 270 g/mol. The number of nitrogens with one attached hydrogen (secondary N) is 1. The summed E-state index contributed by atoms with van der Waals surface area (Å²) >= 11 is 0. The van der Waals surface area contributed by atoms with Crippen molar-refractivity contribution in [1.82, 2.24) is 5.32 Å². The second kappa shape index (κ2) is 11.4. The normalized spacial score (nSPS) is 19.6. The molecule has 21 heavy (non-hydrogen) atoms. The molecule has 1 fully saturated rings. The zero-order valence-electron chi connectivity index (χ0n) is 13.7. The number of ether oxygens (including phenoxy) is 3. The van der Waals surface area contributed by atoms with Gasteiger partial charge in [-0.15, -0.1) is 0 Å². The van der Waals surface area contributed by atoms with Crippen LogP contribution in [0.5, 0.6) is 0 Å². The number of aliphatic hydroxyl groups is 1. The second-order valence-corrected chi connectivity index (χ2v) is 6.25. The van der Waals surface area contributed by atoms with Crippen molar-refractivity contribution in [2.75, 3.05) is 52.7 Å². The highest BCUT2D eigenvalue weighted by Crippen LogP contribution is 2.28. The number of aliphatic hydroxyl groups excluding tert-OH is 1. The molecule has 126 valence electrons. The van der Waals surface area contributed by atoms with Crippen molar-refractivity contribution < 1.29 is 19.3 Å². The lowest BCUT2D eigenvalue weighted by Gasteiger charge is -2.34. The van der Waals surface area contributed by atoms with Gasteiger partial charge in [-0.3, -0.25) is 0 Å². The molecule has 1 heterocycles. The Morgan fingerprint density at radius 3 is 2.62 bits per heavy atom. The summed E-state index contributed by atoms with van der Waals surface area (Å²) in [6.07, 6.45) is 3.96. The van der Waals surface area contributed by atoms with Gasteiger partial charge in [0, 0.05) is 32.9 Å². The van der Waals surface area contributed by atoms with Crippen molar-refractivity contribution in [3.63, 3.8) is 0 Å². The molecule has 1 aliphatic rings. The molecule has 0 amide bonds. The van der Waals surface area contributed by atoms with E-state index in [4.69, 9.17) is 14.2 Å². The van der Waals surface area contributed by atoms with E-state index in [1.54, 1.807) is 0 Å². The summed E-state index contributed by atoms with van der Waals surface area (Å²) in [6, 6.07) is 0. The fourth-order valence-corrected chi connectivity index (χ4v) is 2.33. The highest BCUT2D eigenvalue weighted by Gasteiger charge is 2.26. The van der Waals surface area contributed by atoms with Gasteiger partial charge in [0.15, 0.2) is 0 Å². The Morgan fingerprint density at radius 1 is 1.19 bits per heavy atom. The predicted molar refractivity (Wildman–Crippen MR) is 83.6 cm³/mol. The van der Waals surface area contributed by atoms with Crippen molar-refractivity contribution in [1.29, 1.82) is 0 Å². The van der Waals surface area contributed by atoms with Crippen LogP contribution < -0.4 is 5.32 Å². The minimum absolute atomic E-state index is 0.298. The van der Waals surface area contributed by atoms with E-state index >= 15 is 0 Å². The molecule has 0 aromatic heterocycles. The molecule has 1 rings (SSSR count). The average molecular weight is 303 g/mol. The van der Waals surface area contributed by atoms with E-state index in [0.29, 0.717) is 31.8 Å². The number of rotatable bonds is 12. The Bertz CT molecular complexity index is 244. The highest BCUT2D eigenvalue weighted by molar-refractivity contribution is 4.79. The van der Waals surface area contributed by atoms with Gasteiger partial charge in [-0.05, 0) is 24.7 Å². The van der Waals surface area contributed by atoms with E-state index in [1.807, 2.05) is 0 Å². The van der Waals surface area contributed by atoms with Gasteiger partial charge in [-0.2, -0.15) is 0 Å². The Balaban J connectivity index is 1.92. The summed E-state index contributed by atoms with van der Waals surface area (Å²) in [5, 5.41) is 13.2. The SMILES string of the molecule is CCCCOCCOCC(O)CNCC1(C)CCOCC1. The first-order valence-corrected chi connectivity index (χ1v) is 8.28. The van der Waals surface area contributed by atoms with Crippen molar-refractivity contribution in [3.05, 3.63) is 0 Å². The summed E-state index contributed by atoms with van der Waals surface area (Å²) < 4.78 is 16.2. The smallest absolute Gasteiger partial charge is 0.0897 e. The van der Waals surface area contributed by atoms with Crippen LogP contribution in [0.2, 0.25) is 0 Å². The number of hydrogen-bond acceptors (Lipinski definition) is 5. The van der Waals surface area contributed by atoms with Gasteiger partial charge in [-0.1, -0.05) is 20.3 Å². The highest BCUT2D eigenvalue weighted by atomic mass is 16.5. The van der Waals surface area contributed by atoms with Crippen LogP contribution in [-0.2, 0) is 14.2 Å². The Kier molecular flexibility index (Phi) is 10.2. The molecule has 0 bridgehead atoms. The van der Waals surface area contributed by atoms with Crippen LogP contribution in [0.1, 0.15) is 39.5 Å². The topological polar surface area (TPSA) is 60.0 Å². The summed E-state index contributed by atoms with van der Waals surface area (Å²) in [4.78, 5) is 0. The lowest BCUT2D eigenvalue weighted by Crippen LogP contribution is -2.40. The first-order chi connectivity index (χ1) is 10.2. The van der Waals surface area contributed by atoms with Gasteiger partial charge >= 0.3 is 0 Å². The predicted octanol–water partition coefficient (Wildman–Crippen LogP) is 1.59. The van der Waals surface area contributed by atoms with Gasteiger partial charge in [-0.25, -0.2) is 0 Å². The lowest BCUT2D eigenvalue weighted by atomic mass is 9.82. The number of unbranched alkanes of at least 4 members (excludes halogenated alkanes) is 1. The summed E-state index contributed by atoms with van der Waals surface area (Å²) in [5.74, 6) is 0. The Labute approximate surface area is 129 Å². The molecule has 0 radical (unpaired) electrons. The molecule has 0 aromatic carbocycles. The molecule has 2 N–H and O–H groups in total. The zero-order valence-corrected chi connectivity index (χ0v) is 13.7. The third-order valence-electron chi connectivity index (χ3n) is 3.96. The van der Waals surface area contributed by atoms with Gasteiger partial charge in [0.05, 0.1) is 25.9 Å². The van der Waals surface area contributed by atoms with E-state index in [1.165, 1.54) is 0 Å². The van der Waals surface area contributed by atoms with E-state index < -0.39 is 6.10 Å². The summed E-state index contributed by atoms with van der Waals surface area (Å²) in [7, 11) is 0. The quantitative estimate of drug-likeness (QED) is 0.536. The molecule has 0 aliphatic carbocycles. The molecule has 1 atom stereocenters. The Morgan fingerprint density at radius 2 is 1.90 bits per heavy atom. The molecule has 5 heteroatoms. The van der Waals surface area contributed by atoms with Crippen molar-refractivity contribution in [2.45, 2.75) is 45.6 Å². The van der Waals surface area contributed by atoms with Crippen LogP contribution in [0.25, 0.3) is 0 Å². The van der Waals surface area contributed by atoms with Gasteiger partial charge in [0.1, 0.15) is 0 Å². The standard InChI is InChI=1S/C16H33NO4/c1-3-4-7-19-10-11-21-13-15(18)12-17-14-16(2)5-8-20-9-6-16/h15,17-18H,3-14H2,1-2H3. The maximum atomic E-state index is 9.85. The maximum absolute atomic E-state index is 9.85. The molecule has 0 spiro atoms. The molecule has 1 saturated heterocycles. The van der Waals surface area contributed by atoms with Crippen LogP contribution in [0.3, 0.4) is 0 Å². The molecule has 5 nitrogen and oxygen atoms in total. The van der Waals surface area contributed by atoms with Crippen molar-refractivity contribution >= 4 is 0 Å². The van der Waals surface area contributed by atoms with Crippen LogP contribution in [0.15, 0.2) is 0 Å². The third-order valence-corrected chi connectivity index (χ3v) is 3.96. The maximum Gasteiger partial charge on any atom is 0.0897 e. The van der Waals surface area contributed by atoms with Crippen molar-refractivity contribution in [2.24, 2.45) is 5.41 Å². The second-order valence-electron chi connectivity index (χ2n) is 6.25. The van der Waals surface area contributed by atoms with E-state index in [-0.39, 0.29) is 0 Å².